The first-order chi connectivity index (χ1) is 38.3. The molecule has 0 saturated carbocycles. The zero-order chi connectivity index (χ0) is 60.2. The number of likely N-dealkylation sites (tertiary alicyclic amines) is 2. The summed E-state index contributed by atoms with van der Waals surface area (Å²) in [6.07, 6.45) is 0.876. The van der Waals surface area contributed by atoms with E-state index in [4.69, 9.17) is 5.73 Å². The molecular formula is C56H84N10O14S. The molecule has 2 aliphatic heterocycles. The molecule has 0 radical (unpaired) electrons. The minimum atomic E-state index is -1.75. The lowest BCUT2D eigenvalue weighted by atomic mass is 9.96. The summed E-state index contributed by atoms with van der Waals surface area (Å²) >= 11 is 1.43. The number of amides is 9. The molecule has 2 aromatic rings. The number of thioether (sulfide) groups is 1. The van der Waals surface area contributed by atoms with Crippen LogP contribution < -0.4 is 43.0 Å². The van der Waals surface area contributed by atoms with Gasteiger partial charge in [-0.3, -0.25) is 43.2 Å². The van der Waals surface area contributed by atoms with Crippen LogP contribution in [0.15, 0.2) is 54.6 Å². The number of aliphatic carboxylic acids is 1. The van der Waals surface area contributed by atoms with Gasteiger partial charge in [0.25, 0.3) is 0 Å². The highest BCUT2D eigenvalue weighted by atomic mass is 32.2. The molecule has 0 spiro atoms. The van der Waals surface area contributed by atoms with Crippen molar-refractivity contribution in [2.45, 2.75) is 179 Å². The predicted molar refractivity (Wildman–Crippen MR) is 301 cm³/mol. The number of nitrogens with zero attached hydrogens (tertiary/aromatic N) is 2. The number of aliphatic hydroxyl groups excluding tert-OH is 2. The van der Waals surface area contributed by atoms with Gasteiger partial charge in [0.15, 0.2) is 0 Å². The number of phenolic OH excluding ortho intramolecular Hbond substituents is 1. The summed E-state index contributed by atoms with van der Waals surface area (Å²) in [4.78, 5) is 141. The van der Waals surface area contributed by atoms with Gasteiger partial charge in [0, 0.05) is 25.9 Å². The minimum absolute atomic E-state index is 0.0138. The van der Waals surface area contributed by atoms with Crippen LogP contribution in [0.3, 0.4) is 0 Å². The second kappa shape index (κ2) is 32.0. The Balaban J connectivity index is 1.54. The predicted octanol–water partition coefficient (Wildman–Crippen LogP) is -0.408. The van der Waals surface area contributed by atoms with E-state index in [1.807, 2.05) is 6.26 Å². The van der Waals surface area contributed by atoms with Crippen molar-refractivity contribution < 1.29 is 68.4 Å². The smallest absolute Gasteiger partial charge is 0.326 e. The number of carboxylic acid groups (broad SMARTS) is 1. The Bertz CT molecular complexity index is 2490. The number of hydrogen-bond donors (Lipinski definition) is 12. The lowest BCUT2D eigenvalue weighted by Gasteiger charge is -2.32. The fourth-order valence-corrected chi connectivity index (χ4v) is 10.1. The Morgan fingerprint density at radius 1 is 0.568 bits per heavy atom. The van der Waals surface area contributed by atoms with Crippen LogP contribution in [0.5, 0.6) is 5.75 Å². The van der Waals surface area contributed by atoms with Gasteiger partial charge in [0.05, 0.1) is 18.2 Å². The van der Waals surface area contributed by atoms with Crippen LogP contribution in [0.25, 0.3) is 0 Å². The molecule has 24 nitrogen and oxygen atoms in total. The number of hydrogen-bond acceptors (Lipinski definition) is 15. The van der Waals surface area contributed by atoms with Gasteiger partial charge in [0.2, 0.25) is 53.2 Å². The first-order valence-corrected chi connectivity index (χ1v) is 29.1. The van der Waals surface area contributed by atoms with Crippen LogP contribution in [0.2, 0.25) is 0 Å². The third kappa shape index (κ3) is 19.1. The average Bonchev–Trinajstić information content (AvgIpc) is 4.22. The number of benzene rings is 2. The van der Waals surface area contributed by atoms with Gasteiger partial charge in [-0.05, 0) is 100.0 Å². The van der Waals surface area contributed by atoms with Crippen molar-refractivity contribution in [3.05, 3.63) is 65.7 Å². The normalized spacial score (nSPS) is 19.5. The van der Waals surface area contributed by atoms with Gasteiger partial charge in [-0.25, -0.2) is 4.79 Å². The molecule has 4 rings (SSSR count). The summed E-state index contributed by atoms with van der Waals surface area (Å²) in [5, 5.41) is 59.1. The molecule has 25 heteroatoms. The number of phenols is 1. The van der Waals surface area contributed by atoms with Crippen LogP contribution in [0, 0.1) is 11.8 Å². The zero-order valence-electron chi connectivity index (χ0n) is 47.5. The van der Waals surface area contributed by atoms with Crippen molar-refractivity contribution in [2.24, 2.45) is 17.6 Å². The first-order valence-electron chi connectivity index (χ1n) is 27.7. The Kier molecular flexibility index (Phi) is 26.3. The van der Waals surface area contributed by atoms with Gasteiger partial charge >= 0.3 is 5.97 Å². The monoisotopic (exact) mass is 1150 g/mol. The van der Waals surface area contributed by atoms with Crippen molar-refractivity contribution in [2.75, 3.05) is 25.1 Å². The van der Waals surface area contributed by atoms with Crippen LogP contribution >= 0.6 is 11.8 Å². The second-order valence-corrected chi connectivity index (χ2v) is 22.2. The van der Waals surface area contributed by atoms with E-state index in [1.165, 1.54) is 54.5 Å². The van der Waals surface area contributed by atoms with Crippen LogP contribution in [-0.4, -0.2) is 187 Å². The number of aliphatic hydroxyl groups is 2. The molecule has 0 unspecified atom stereocenters. The SMILES string of the molecule is CC[C@H](C)[C@H](NC(=O)[C@@H](NC(=O)[C@@H](NC(=O)[C@@H](NC(=O)[C@H](Cc1ccccc1)NC(=O)[C@@H]1CCCN1C(=O)[C@H](CCSC)NC(=O)[C@@H]1CCCN1C(=O)[C@H](Cc1ccc(O)cc1)NC(=O)[C@H](C)N)[C@@H](C)CC)[C@@H](C)O)[C@@H](C)O)C(=O)O. The van der Waals surface area contributed by atoms with Gasteiger partial charge < -0.3 is 73.2 Å². The fraction of sp³-hybridized carbons (Fsp3) is 0.607. The molecule has 0 bridgehead atoms. The topological polar surface area (TPSA) is 368 Å². The Labute approximate surface area is 477 Å². The van der Waals surface area contributed by atoms with Crippen molar-refractivity contribution in [3.8, 4) is 5.75 Å². The van der Waals surface area contributed by atoms with E-state index < -0.39 is 144 Å². The Morgan fingerprint density at radius 3 is 1.47 bits per heavy atom. The van der Waals surface area contributed by atoms with E-state index >= 15 is 0 Å². The molecule has 0 aliphatic carbocycles. The maximum atomic E-state index is 14.6. The molecule has 81 heavy (non-hydrogen) atoms. The van der Waals surface area contributed by atoms with Gasteiger partial charge in [-0.1, -0.05) is 83.0 Å². The molecule has 0 aromatic heterocycles. The fourth-order valence-electron chi connectivity index (χ4n) is 9.64. The van der Waals surface area contributed by atoms with Gasteiger partial charge in [-0.15, -0.1) is 0 Å². The number of nitrogens with one attached hydrogen (secondary N) is 7. The summed E-state index contributed by atoms with van der Waals surface area (Å²) in [6, 6.07) is 2.07. The third-order valence-electron chi connectivity index (χ3n) is 14.9. The number of carbonyl (C=O) groups is 10. The number of carbonyl (C=O) groups excluding carboxylic acids is 9. The maximum absolute atomic E-state index is 14.6. The average molecular weight is 1150 g/mol. The number of carboxylic acids is 1. The van der Waals surface area contributed by atoms with Gasteiger partial charge in [0.1, 0.15) is 60.1 Å². The highest BCUT2D eigenvalue weighted by molar-refractivity contribution is 7.98. The summed E-state index contributed by atoms with van der Waals surface area (Å²) < 4.78 is 0. The Hall–Kier alpha value is -6.83. The first kappa shape index (κ1) is 66.7. The van der Waals surface area contributed by atoms with E-state index in [-0.39, 0.29) is 50.9 Å². The summed E-state index contributed by atoms with van der Waals surface area (Å²) in [6.45, 7) is 10.9. The Morgan fingerprint density at radius 2 is 1.00 bits per heavy atom. The van der Waals surface area contributed by atoms with E-state index in [2.05, 4.69) is 37.2 Å². The molecule has 2 heterocycles. The number of nitrogens with two attached hydrogens (primary N) is 1. The lowest BCUT2D eigenvalue weighted by molar-refractivity contribution is -0.144. The van der Waals surface area contributed by atoms with E-state index in [0.717, 1.165) is 0 Å². The molecule has 2 aliphatic rings. The second-order valence-electron chi connectivity index (χ2n) is 21.2. The zero-order valence-corrected chi connectivity index (χ0v) is 48.3. The minimum Gasteiger partial charge on any atom is -0.508 e. The quantitative estimate of drug-likeness (QED) is 0.0473. The summed E-state index contributed by atoms with van der Waals surface area (Å²) in [5.74, 6) is -8.78. The van der Waals surface area contributed by atoms with Crippen molar-refractivity contribution in [1.29, 1.82) is 0 Å². The van der Waals surface area contributed by atoms with Crippen LogP contribution in [0.4, 0.5) is 0 Å². The number of aromatic hydroxyl groups is 1. The molecule has 448 valence electrons. The molecule has 13 N–H and O–H groups in total. The molecule has 2 fully saturated rings. The summed E-state index contributed by atoms with van der Waals surface area (Å²) in [7, 11) is 0. The number of rotatable bonds is 30. The molecule has 2 saturated heterocycles. The lowest BCUT2D eigenvalue weighted by Crippen LogP contribution is -2.63. The third-order valence-corrected chi connectivity index (χ3v) is 15.6. The summed E-state index contributed by atoms with van der Waals surface area (Å²) in [5.41, 5.74) is 7.10. The largest absolute Gasteiger partial charge is 0.508 e. The molecular weight excluding hydrogens is 1070 g/mol. The molecule has 2 aromatic carbocycles. The van der Waals surface area contributed by atoms with E-state index in [0.29, 0.717) is 42.6 Å². The van der Waals surface area contributed by atoms with Crippen molar-refractivity contribution in [1.82, 2.24) is 47.0 Å². The van der Waals surface area contributed by atoms with E-state index in [1.54, 1.807) is 70.2 Å². The highest BCUT2D eigenvalue weighted by Crippen LogP contribution is 2.24. The molecule has 14 atom stereocenters. The highest BCUT2D eigenvalue weighted by Gasteiger charge is 2.43. The maximum Gasteiger partial charge on any atom is 0.326 e. The van der Waals surface area contributed by atoms with Crippen LogP contribution in [0.1, 0.15) is 105 Å². The van der Waals surface area contributed by atoms with Gasteiger partial charge in [-0.2, -0.15) is 11.8 Å². The standard InChI is InChI=1S/C56H84N10O14S/c1-9-30(3)43(51(74)63-46(34(7)68)53(76)64-45(33(6)67)52(75)62-44(56(79)80)31(4)10-2)61-48(71)39(28-35-16-12-11-13-17-35)59-50(73)42-19-14-25-65(42)54(77)38(24-27-81-8)58-49(72)41-18-15-26-66(41)55(78)40(60-47(70)32(5)57)29-36-20-22-37(69)23-21-36/h11-13,16-17,20-23,30-34,38-46,67-69H,9-10,14-15,18-19,24-29,57H2,1-8H3,(H,58,72)(H,59,73)(H,60,70)(H,61,71)(H,62,75)(H,63,74)(H,64,76)(H,79,80)/t30-,31-,32-,33+,34+,38-,39-,40-,41-,42-,43-,44-,45-,46-/m0/s1. The molecule has 9 amide bonds. The van der Waals surface area contributed by atoms with Crippen molar-refractivity contribution >= 4 is 70.9 Å². The van der Waals surface area contributed by atoms with Crippen molar-refractivity contribution in [3.63, 3.8) is 0 Å². The van der Waals surface area contributed by atoms with Crippen LogP contribution in [-0.2, 0) is 60.8 Å². The van der Waals surface area contributed by atoms with E-state index in [9.17, 15) is 68.4 Å².